The molecule has 110 valence electrons. The zero-order chi connectivity index (χ0) is 15.0. The molecule has 0 unspecified atom stereocenters. The largest absolute Gasteiger partial charge is 0.390 e. The fourth-order valence-electron chi connectivity index (χ4n) is 1.75. The molecule has 2 aromatic rings. The quantitative estimate of drug-likeness (QED) is 0.940. The highest BCUT2D eigenvalue weighted by Gasteiger charge is 2.26. The van der Waals surface area contributed by atoms with Crippen molar-refractivity contribution in [1.29, 1.82) is 0 Å². The fraction of sp³-hybridized carbons (Fsp3) is 0.538. The van der Waals surface area contributed by atoms with E-state index in [1.165, 1.54) is 6.20 Å². The van der Waals surface area contributed by atoms with Gasteiger partial charge >= 0.3 is 6.18 Å². The SMILES string of the molecule is CC(C)(C)c1cc2c(NCCC(F)(F)F)nccn2n1. The molecular formula is C13H17F3N4. The van der Waals surface area contributed by atoms with Crippen molar-refractivity contribution >= 4 is 11.3 Å². The fourth-order valence-corrected chi connectivity index (χ4v) is 1.75. The maximum atomic E-state index is 12.2. The number of halogens is 3. The molecular weight excluding hydrogens is 269 g/mol. The van der Waals surface area contributed by atoms with Crippen molar-refractivity contribution < 1.29 is 13.2 Å². The summed E-state index contributed by atoms with van der Waals surface area (Å²) < 4.78 is 38.1. The lowest BCUT2D eigenvalue weighted by atomic mass is 9.92. The summed E-state index contributed by atoms with van der Waals surface area (Å²) in [7, 11) is 0. The number of hydrogen-bond acceptors (Lipinski definition) is 3. The van der Waals surface area contributed by atoms with E-state index in [9.17, 15) is 13.2 Å². The van der Waals surface area contributed by atoms with Gasteiger partial charge in [-0.05, 0) is 6.07 Å². The smallest absolute Gasteiger partial charge is 0.368 e. The van der Waals surface area contributed by atoms with Crippen molar-refractivity contribution in [3.05, 3.63) is 24.2 Å². The number of anilines is 1. The van der Waals surface area contributed by atoms with Gasteiger partial charge in [0.15, 0.2) is 5.82 Å². The van der Waals surface area contributed by atoms with E-state index in [-0.39, 0.29) is 12.0 Å². The Kier molecular flexibility index (Phi) is 3.62. The van der Waals surface area contributed by atoms with E-state index in [1.807, 2.05) is 26.8 Å². The molecule has 4 nitrogen and oxygen atoms in total. The summed E-state index contributed by atoms with van der Waals surface area (Å²) in [6, 6.07) is 1.85. The van der Waals surface area contributed by atoms with Gasteiger partial charge in [0, 0.05) is 24.4 Å². The molecule has 0 aliphatic heterocycles. The van der Waals surface area contributed by atoms with Crippen LogP contribution in [0.2, 0.25) is 0 Å². The Morgan fingerprint density at radius 2 is 1.95 bits per heavy atom. The van der Waals surface area contributed by atoms with Gasteiger partial charge in [0.25, 0.3) is 0 Å². The third kappa shape index (κ3) is 3.40. The minimum Gasteiger partial charge on any atom is -0.368 e. The highest BCUT2D eigenvalue weighted by Crippen LogP contribution is 2.25. The molecule has 7 heteroatoms. The van der Waals surface area contributed by atoms with E-state index in [1.54, 1.807) is 10.7 Å². The van der Waals surface area contributed by atoms with Gasteiger partial charge in [0.05, 0.1) is 12.1 Å². The molecule has 2 rings (SSSR count). The zero-order valence-corrected chi connectivity index (χ0v) is 11.6. The summed E-state index contributed by atoms with van der Waals surface area (Å²) in [6.45, 7) is 5.88. The maximum Gasteiger partial charge on any atom is 0.390 e. The first-order valence-electron chi connectivity index (χ1n) is 6.32. The van der Waals surface area contributed by atoms with Crippen molar-refractivity contribution in [2.45, 2.75) is 38.8 Å². The normalized spacial score (nSPS) is 12.9. The Balaban J connectivity index is 2.23. The number of aromatic nitrogens is 3. The second-order valence-electron chi connectivity index (χ2n) is 5.68. The maximum absolute atomic E-state index is 12.2. The molecule has 20 heavy (non-hydrogen) atoms. The summed E-state index contributed by atoms with van der Waals surface area (Å²) in [5.74, 6) is 0.416. The Labute approximate surface area is 115 Å². The molecule has 0 spiro atoms. The lowest BCUT2D eigenvalue weighted by Crippen LogP contribution is -2.15. The van der Waals surface area contributed by atoms with Crippen molar-refractivity contribution in [3.8, 4) is 0 Å². The van der Waals surface area contributed by atoms with Crippen molar-refractivity contribution in [1.82, 2.24) is 14.6 Å². The topological polar surface area (TPSA) is 42.2 Å². The average Bonchev–Trinajstić information content (AvgIpc) is 2.71. The van der Waals surface area contributed by atoms with Gasteiger partial charge in [-0.1, -0.05) is 20.8 Å². The molecule has 2 aromatic heterocycles. The third-order valence-corrected chi connectivity index (χ3v) is 2.86. The predicted molar refractivity (Wildman–Crippen MR) is 70.8 cm³/mol. The lowest BCUT2D eigenvalue weighted by molar-refractivity contribution is -0.131. The summed E-state index contributed by atoms with van der Waals surface area (Å²) in [5, 5.41) is 7.13. The van der Waals surface area contributed by atoms with E-state index in [0.29, 0.717) is 11.3 Å². The number of rotatable bonds is 3. The molecule has 0 amide bonds. The highest BCUT2D eigenvalue weighted by molar-refractivity contribution is 5.68. The zero-order valence-electron chi connectivity index (χ0n) is 11.6. The summed E-state index contributed by atoms with van der Waals surface area (Å²) in [4.78, 5) is 4.08. The van der Waals surface area contributed by atoms with Gasteiger partial charge in [0.2, 0.25) is 0 Å². The summed E-state index contributed by atoms with van der Waals surface area (Å²) in [6.07, 6.45) is -1.87. The van der Waals surface area contributed by atoms with Crippen LogP contribution in [0.4, 0.5) is 19.0 Å². The van der Waals surface area contributed by atoms with Crippen LogP contribution >= 0.6 is 0 Å². The van der Waals surface area contributed by atoms with E-state index in [0.717, 1.165) is 5.69 Å². The molecule has 0 radical (unpaired) electrons. The second kappa shape index (κ2) is 4.96. The Hall–Kier alpha value is -1.79. The number of hydrogen-bond donors (Lipinski definition) is 1. The van der Waals surface area contributed by atoms with Gasteiger partial charge in [-0.25, -0.2) is 9.50 Å². The van der Waals surface area contributed by atoms with Crippen LogP contribution in [0.5, 0.6) is 0 Å². The van der Waals surface area contributed by atoms with Crippen molar-refractivity contribution in [2.75, 3.05) is 11.9 Å². The molecule has 0 atom stereocenters. The van der Waals surface area contributed by atoms with Gasteiger partial charge < -0.3 is 5.32 Å². The first-order valence-corrected chi connectivity index (χ1v) is 6.32. The van der Waals surface area contributed by atoms with Crippen LogP contribution in [-0.2, 0) is 5.41 Å². The third-order valence-electron chi connectivity index (χ3n) is 2.86. The molecule has 0 saturated heterocycles. The van der Waals surface area contributed by atoms with Crippen LogP contribution in [-0.4, -0.2) is 27.3 Å². The molecule has 0 aromatic carbocycles. The minimum atomic E-state index is -4.17. The number of fused-ring (bicyclic) bond motifs is 1. The van der Waals surface area contributed by atoms with Gasteiger partial charge in [0.1, 0.15) is 5.52 Å². The van der Waals surface area contributed by atoms with Gasteiger partial charge in [-0.3, -0.25) is 0 Å². The molecule has 0 bridgehead atoms. The first-order chi connectivity index (χ1) is 9.17. The number of alkyl halides is 3. The van der Waals surface area contributed by atoms with Crippen LogP contribution < -0.4 is 5.32 Å². The number of nitrogens with zero attached hydrogens (tertiary/aromatic N) is 3. The Morgan fingerprint density at radius 1 is 1.25 bits per heavy atom. The molecule has 1 N–H and O–H groups in total. The molecule has 0 fully saturated rings. The lowest BCUT2D eigenvalue weighted by Gasteiger charge is -2.13. The predicted octanol–water partition coefficient (Wildman–Crippen LogP) is 3.39. The highest BCUT2D eigenvalue weighted by atomic mass is 19.4. The van der Waals surface area contributed by atoms with Crippen LogP contribution in [0, 0.1) is 0 Å². The van der Waals surface area contributed by atoms with Crippen LogP contribution in [0.1, 0.15) is 32.9 Å². The van der Waals surface area contributed by atoms with E-state index in [2.05, 4.69) is 15.4 Å². The van der Waals surface area contributed by atoms with E-state index < -0.39 is 12.6 Å². The number of nitrogens with one attached hydrogen (secondary N) is 1. The minimum absolute atomic E-state index is 0.130. The molecule has 0 saturated carbocycles. The molecule has 0 aliphatic carbocycles. The van der Waals surface area contributed by atoms with Crippen molar-refractivity contribution in [2.24, 2.45) is 0 Å². The second-order valence-corrected chi connectivity index (χ2v) is 5.68. The van der Waals surface area contributed by atoms with Crippen LogP contribution in [0.3, 0.4) is 0 Å². The van der Waals surface area contributed by atoms with E-state index in [4.69, 9.17) is 0 Å². The summed E-state index contributed by atoms with van der Waals surface area (Å²) >= 11 is 0. The first kappa shape index (κ1) is 14.6. The molecule has 0 aliphatic rings. The van der Waals surface area contributed by atoms with E-state index >= 15 is 0 Å². The van der Waals surface area contributed by atoms with Crippen LogP contribution in [0.25, 0.3) is 5.52 Å². The van der Waals surface area contributed by atoms with Gasteiger partial charge in [-0.15, -0.1) is 0 Å². The Morgan fingerprint density at radius 3 is 2.55 bits per heavy atom. The van der Waals surface area contributed by atoms with Crippen molar-refractivity contribution in [3.63, 3.8) is 0 Å². The Bertz CT molecular complexity index is 596. The summed E-state index contributed by atoms with van der Waals surface area (Å²) in [5.41, 5.74) is 1.42. The molecule has 2 heterocycles. The van der Waals surface area contributed by atoms with Gasteiger partial charge in [-0.2, -0.15) is 18.3 Å². The average molecular weight is 286 g/mol. The van der Waals surface area contributed by atoms with Crippen LogP contribution in [0.15, 0.2) is 18.5 Å². The standard InChI is InChI=1S/C13H17F3N4/c1-12(2,3)10-8-9-11(17-5-4-13(14,15)16)18-6-7-20(9)19-10/h6-8H,4-5H2,1-3H3,(H,17,18). The monoisotopic (exact) mass is 286 g/mol.